The normalized spacial score (nSPS) is 29.7. The predicted octanol–water partition coefficient (Wildman–Crippen LogP) is 2.90. The molecular formula is C30H28O13. The van der Waals surface area contributed by atoms with E-state index in [9.17, 15) is 33.9 Å². The fourth-order valence-corrected chi connectivity index (χ4v) is 4.35. The molecule has 4 aliphatic rings. The van der Waals surface area contributed by atoms with Crippen molar-refractivity contribution in [2.24, 2.45) is 0 Å². The third-order valence-corrected chi connectivity index (χ3v) is 6.86. The second-order valence-electron chi connectivity index (χ2n) is 9.91. The average molecular weight is 597 g/mol. The van der Waals surface area contributed by atoms with Crippen molar-refractivity contribution < 1.29 is 62.3 Å². The molecule has 1 N–H and O–H groups in total. The number of esters is 5. The van der Waals surface area contributed by atoms with E-state index in [1.807, 2.05) is 6.92 Å². The maximum absolute atomic E-state index is 12.7. The van der Waals surface area contributed by atoms with E-state index in [0.29, 0.717) is 0 Å². The number of rotatable bonds is 6. The molecular weight excluding hydrogens is 568 g/mol. The van der Waals surface area contributed by atoms with Crippen LogP contribution in [0.2, 0.25) is 0 Å². The lowest BCUT2D eigenvalue weighted by Gasteiger charge is -2.45. The highest BCUT2D eigenvalue weighted by Gasteiger charge is 2.56. The van der Waals surface area contributed by atoms with Crippen LogP contribution in [-0.2, 0) is 57.2 Å². The molecule has 226 valence electrons. The first-order valence-corrected chi connectivity index (χ1v) is 13.2. The Morgan fingerprint density at radius 1 is 0.651 bits per heavy atom. The zero-order valence-electron chi connectivity index (χ0n) is 23.4. The molecule has 1 saturated carbocycles. The SMILES string of the molecule is C/C=C/C=C/C=C1C(=O)OC2(CCC3(CC2)OC(=O)C(=CC=CC=CC2=C(O)OC(C)(C(C)=O)OC2=O)C(=O)O3)OC1=O. The van der Waals surface area contributed by atoms with Crippen molar-refractivity contribution >= 4 is 35.6 Å². The van der Waals surface area contributed by atoms with Gasteiger partial charge < -0.3 is 33.5 Å². The molecule has 0 aromatic rings. The van der Waals surface area contributed by atoms with Gasteiger partial charge in [0.2, 0.25) is 5.78 Å². The number of aliphatic hydroxyl groups excluding tert-OH is 1. The Morgan fingerprint density at radius 3 is 1.49 bits per heavy atom. The summed E-state index contributed by atoms with van der Waals surface area (Å²) in [4.78, 5) is 74.0. The van der Waals surface area contributed by atoms with Gasteiger partial charge in [0.1, 0.15) is 16.7 Å². The number of hydrogen-bond acceptors (Lipinski definition) is 13. The molecule has 0 amide bonds. The van der Waals surface area contributed by atoms with Crippen LogP contribution < -0.4 is 0 Å². The van der Waals surface area contributed by atoms with E-state index in [1.54, 1.807) is 18.2 Å². The van der Waals surface area contributed by atoms with Crippen molar-refractivity contribution in [1.29, 1.82) is 0 Å². The summed E-state index contributed by atoms with van der Waals surface area (Å²) in [6, 6.07) is 0. The summed E-state index contributed by atoms with van der Waals surface area (Å²) in [5.74, 6) is -11.2. The van der Waals surface area contributed by atoms with E-state index in [2.05, 4.69) is 0 Å². The quantitative estimate of drug-likeness (QED) is 0.156. The van der Waals surface area contributed by atoms with Gasteiger partial charge in [-0.1, -0.05) is 42.5 Å². The van der Waals surface area contributed by atoms with Crippen molar-refractivity contribution in [3.8, 4) is 0 Å². The highest BCUT2D eigenvalue weighted by atomic mass is 16.8. The Morgan fingerprint density at radius 2 is 1.09 bits per heavy atom. The second-order valence-corrected chi connectivity index (χ2v) is 9.91. The van der Waals surface area contributed by atoms with Crippen molar-refractivity contribution in [3.05, 3.63) is 83.4 Å². The number of allylic oxidation sites excluding steroid dienone is 9. The fraction of sp³-hybridized carbons (Fsp3) is 0.333. The van der Waals surface area contributed by atoms with Gasteiger partial charge in [0.15, 0.2) is 0 Å². The summed E-state index contributed by atoms with van der Waals surface area (Å²) >= 11 is 0. The van der Waals surface area contributed by atoms with Gasteiger partial charge in [-0.25, -0.2) is 24.0 Å². The topological polar surface area (TPSA) is 178 Å². The summed E-state index contributed by atoms with van der Waals surface area (Å²) in [7, 11) is 0. The highest BCUT2D eigenvalue weighted by molar-refractivity contribution is 6.16. The van der Waals surface area contributed by atoms with E-state index in [-0.39, 0.29) is 36.8 Å². The van der Waals surface area contributed by atoms with E-state index < -0.39 is 64.5 Å². The monoisotopic (exact) mass is 596 g/mol. The van der Waals surface area contributed by atoms with Crippen LogP contribution in [-0.4, -0.2) is 58.1 Å². The lowest BCUT2D eigenvalue weighted by atomic mass is 9.87. The Labute approximate surface area is 245 Å². The van der Waals surface area contributed by atoms with Gasteiger partial charge in [0.05, 0.1) is 0 Å². The number of aliphatic hydroxyl groups is 1. The molecule has 13 nitrogen and oxygen atoms in total. The number of ether oxygens (including phenoxy) is 6. The molecule has 3 fully saturated rings. The molecule has 13 heteroatoms. The van der Waals surface area contributed by atoms with Gasteiger partial charge in [-0.15, -0.1) is 0 Å². The number of ketones is 1. The molecule has 3 aliphatic heterocycles. The first-order chi connectivity index (χ1) is 20.3. The Balaban J connectivity index is 1.36. The third kappa shape index (κ3) is 6.50. The van der Waals surface area contributed by atoms with Gasteiger partial charge >= 0.3 is 35.6 Å². The fourth-order valence-electron chi connectivity index (χ4n) is 4.35. The standard InChI is InChI=1S/C30H28O13/c1-4-5-6-8-11-20-24(34)40-29(41-25(20)35)14-16-30(17-15-29)42-26(36)21(27(37)43-30)13-10-7-9-12-19-22(32)38-28(3,18(2)31)39-23(19)33/h4-13,32H,14-17H2,1-3H3/b5-4+,8-6+,10-7?,12-9?,20-11?,21-13?. The van der Waals surface area contributed by atoms with Gasteiger partial charge in [0, 0.05) is 39.5 Å². The number of Topliss-reactive ketones (excluding diaryl/α,β-unsaturated/α-hetero) is 1. The van der Waals surface area contributed by atoms with Crippen LogP contribution in [0.15, 0.2) is 83.4 Å². The first-order valence-electron chi connectivity index (χ1n) is 13.2. The zero-order valence-corrected chi connectivity index (χ0v) is 23.4. The van der Waals surface area contributed by atoms with Crippen molar-refractivity contribution in [2.75, 3.05) is 0 Å². The van der Waals surface area contributed by atoms with Crippen LogP contribution >= 0.6 is 0 Å². The largest absolute Gasteiger partial charge is 0.480 e. The minimum absolute atomic E-state index is 0.0725. The Hall–Kier alpha value is -5.20. The molecule has 2 spiro atoms. The molecule has 0 aromatic heterocycles. The lowest BCUT2D eigenvalue weighted by molar-refractivity contribution is -0.291. The van der Waals surface area contributed by atoms with E-state index in [4.69, 9.17) is 28.4 Å². The third-order valence-electron chi connectivity index (χ3n) is 6.86. The van der Waals surface area contributed by atoms with E-state index in [0.717, 1.165) is 19.1 Å². The summed E-state index contributed by atoms with van der Waals surface area (Å²) in [6.07, 6.45) is 13.8. The van der Waals surface area contributed by atoms with Crippen LogP contribution in [0.3, 0.4) is 0 Å². The molecule has 4 rings (SSSR count). The lowest BCUT2D eigenvalue weighted by Crippen LogP contribution is -2.56. The summed E-state index contributed by atoms with van der Waals surface area (Å²) in [5.41, 5.74) is -1.03. The minimum atomic E-state index is -1.94. The minimum Gasteiger partial charge on any atom is -0.480 e. The van der Waals surface area contributed by atoms with Crippen LogP contribution in [0.4, 0.5) is 0 Å². The van der Waals surface area contributed by atoms with Gasteiger partial charge in [-0.05, 0) is 25.2 Å². The number of hydrogen-bond donors (Lipinski definition) is 1. The van der Waals surface area contributed by atoms with Crippen molar-refractivity contribution in [1.82, 2.24) is 0 Å². The van der Waals surface area contributed by atoms with E-state index in [1.165, 1.54) is 37.3 Å². The molecule has 1 atom stereocenters. The Bertz CT molecular complexity index is 1430. The van der Waals surface area contributed by atoms with Gasteiger partial charge in [-0.2, -0.15) is 0 Å². The molecule has 1 unspecified atom stereocenters. The van der Waals surface area contributed by atoms with Crippen LogP contribution in [0, 0.1) is 0 Å². The molecule has 43 heavy (non-hydrogen) atoms. The van der Waals surface area contributed by atoms with Crippen LogP contribution in [0.5, 0.6) is 0 Å². The maximum Gasteiger partial charge on any atom is 0.349 e. The number of cyclic esters (lactones) is 1. The van der Waals surface area contributed by atoms with E-state index >= 15 is 0 Å². The molecule has 0 radical (unpaired) electrons. The van der Waals surface area contributed by atoms with Crippen LogP contribution in [0.25, 0.3) is 0 Å². The molecule has 2 saturated heterocycles. The molecule has 1 aliphatic carbocycles. The first kappa shape index (κ1) is 30.8. The average Bonchev–Trinajstić information content (AvgIpc) is 2.92. The second kappa shape index (κ2) is 12.0. The van der Waals surface area contributed by atoms with Gasteiger partial charge in [0.25, 0.3) is 17.5 Å². The van der Waals surface area contributed by atoms with Crippen LogP contribution in [0.1, 0.15) is 46.5 Å². The van der Waals surface area contributed by atoms with Gasteiger partial charge in [-0.3, -0.25) is 4.79 Å². The number of carbonyl (C=O) groups is 6. The zero-order chi connectivity index (χ0) is 31.4. The van der Waals surface area contributed by atoms with Crippen molar-refractivity contribution in [3.63, 3.8) is 0 Å². The summed E-state index contributed by atoms with van der Waals surface area (Å²) in [5, 5.41) is 9.98. The Kier molecular flexibility index (Phi) is 8.55. The predicted molar refractivity (Wildman–Crippen MR) is 143 cm³/mol. The van der Waals surface area contributed by atoms with Crippen molar-refractivity contribution in [2.45, 2.75) is 63.8 Å². The summed E-state index contributed by atoms with van der Waals surface area (Å²) in [6.45, 7) is 4.13. The summed E-state index contributed by atoms with van der Waals surface area (Å²) < 4.78 is 31.7. The highest BCUT2D eigenvalue weighted by Crippen LogP contribution is 2.45. The smallest absolute Gasteiger partial charge is 0.349 e. The molecule has 0 bridgehead atoms. The molecule has 0 aromatic carbocycles. The number of carbonyl (C=O) groups excluding carboxylic acids is 6. The maximum atomic E-state index is 12.7. The molecule has 3 heterocycles.